The standard InChI is InChI=1S/C34H29N3O4S2/c1-2-3-19-41-26-17-10-15-24(20-26)29-28(30(38)23-12-5-4-6-13-23)31(39)32(40)37(29)33-35-36-34(43-33)42-21-25-16-9-14-22-11-7-8-18-27(22)25/h4-18,20,29,38H,2-3,19,21H2,1H3/b30-28+. The highest BCUT2D eigenvalue weighted by Crippen LogP contribution is 2.44. The average molecular weight is 608 g/mol. The quantitative estimate of drug-likeness (QED) is 0.0433. The Morgan fingerprint density at radius 2 is 1.72 bits per heavy atom. The molecule has 0 aliphatic carbocycles. The van der Waals surface area contributed by atoms with Gasteiger partial charge in [-0.3, -0.25) is 14.5 Å². The van der Waals surface area contributed by atoms with Crippen molar-refractivity contribution in [3.63, 3.8) is 0 Å². The van der Waals surface area contributed by atoms with Gasteiger partial charge in [0.05, 0.1) is 18.2 Å². The van der Waals surface area contributed by atoms with Gasteiger partial charge in [0.15, 0.2) is 4.34 Å². The monoisotopic (exact) mass is 607 g/mol. The van der Waals surface area contributed by atoms with E-state index in [0.717, 1.165) is 12.8 Å². The number of fused-ring (bicyclic) bond motifs is 1. The van der Waals surface area contributed by atoms with E-state index in [1.54, 1.807) is 24.3 Å². The van der Waals surface area contributed by atoms with Crippen molar-refractivity contribution in [2.75, 3.05) is 11.5 Å². The molecule has 4 aromatic carbocycles. The maximum Gasteiger partial charge on any atom is 0.301 e. The summed E-state index contributed by atoms with van der Waals surface area (Å²) in [5.41, 5.74) is 2.25. The summed E-state index contributed by atoms with van der Waals surface area (Å²) >= 11 is 2.77. The number of hydrogen-bond acceptors (Lipinski definition) is 8. The second kappa shape index (κ2) is 12.8. The molecule has 1 atom stereocenters. The maximum atomic E-state index is 13.6. The Balaban J connectivity index is 1.36. The molecule has 1 unspecified atom stereocenters. The molecule has 0 saturated carbocycles. The highest BCUT2D eigenvalue weighted by molar-refractivity contribution is 8.00. The summed E-state index contributed by atoms with van der Waals surface area (Å²) in [7, 11) is 0. The molecule has 2 heterocycles. The number of benzene rings is 4. The first-order valence-corrected chi connectivity index (χ1v) is 15.9. The second-order valence-electron chi connectivity index (χ2n) is 10.1. The van der Waals surface area contributed by atoms with Crippen molar-refractivity contribution in [1.82, 2.24) is 10.2 Å². The first kappa shape index (κ1) is 28.6. The molecule has 1 aliphatic rings. The number of carbonyl (C=O) groups is 2. The molecule has 7 nitrogen and oxygen atoms in total. The van der Waals surface area contributed by atoms with Crippen LogP contribution in [0.3, 0.4) is 0 Å². The summed E-state index contributed by atoms with van der Waals surface area (Å²) in [6, 6.07) is 29.6. The van der Waals surface area contributed by atoms with Crippen molar-refractivity contribution in [1.29, 1.82) is 0 Å². The Hall–Kier alpha value is -4.47. The third kappa shape index (κ3) is 5.91. The summed E-state index contributed by atoms with van der Waals surface area (Å²) in [5, 5.41) is 22.7. The van der Waals surface area contributed by atoms with Gasteiger partial charge in [0.2, 0.25) is 5.13 Å². The minimum Gasteiger partial charge on any atom is -0.507 e. The number of rotatable bonds is 10. The van der Waals surface area contributed by atoms with Crippen molar-refractivity contribution in [3.8, 4) is 5.75 Å². The van der Waals surface area contributed by atoms with Crippen molar-refractivity contribution < 1.29 is 19.4 Å². The Morgan fingerprint density at radius 1 is 0.953 bits per heavy atom. The Morgan fingerprint density at radius 3 is 2.56 bits per heavy atom. The van der Waals surface area contributed by atoms with E-state index in [4.69, 9.17) is 4.74 Å². The number of carbonyl (C=O) groups excluding carboxylic acids is 2. The number of ketones is 1. The lowest BCUT2D eigenvalue weighted by molar-refractivity contribution is -0.132. The first-order chi connectivity index (χ1) is 21.0. The van der Waals surface area contributed by atoms with E-state index in [1.807, 2.05) is 48.5 Å². The number of hydrogen-bond donors (Lipinski definition) is 1. The molecule has 5 aromatic rings. The van der Waals surface area contributed by atoms with Crippen LogP contribution in [0.5, 0.6) is 5.75 Å². The van der Waals surface area contributed by atoms with Gasteiger partial charge in [-0.05, 0) is 40.5 Å². The number of thioether (sulfide) groups is 1. The van der Waals surface area contributed by atoms with Gasteiger partial charge in [-0.15, -0.1) is 10.2 Å². The summed E-state index contributed by atoms with van der Waals surface area (Å²) in [6.45, 7) is 2.64. The van der Waals surface area contributed by atoms with Crippen LogP contribution in [0.4, 0.5) is 5.13 Å². The second-order valence-corrected chi connectivity index (χ2v) is 12.3. The molecule has 1 saturated heterocycles. The van der Waals surface area contributed by atoms with Crippen LogP contribution in [-0.2, 0) is 15.3 Å². The van der Waals surface area contributed by atoms with Gasteiger partial charge < -0.3 is 9.84 Å². The van der Waals surface area contributed by atoms with Crippen LogP contribution in [0, 0.1) is 0 Å². The molecule has 0 bridgehead atoms. The third-order valence-electron chi connectivity index (χ3n) is 7.27. The minimum atomic E-state index is -0.904. The lowest BCUT2D eigenvalue weighted by Crippen LogP contribution is -2.29. The van der Waals surface area contributed by atoms with Crippen LogP contribution in [0.2, 0.25) is 0 Å². The number of aliphatic hydroxyl groups is 1. The molecular formula is C34H29N3O4S2. The third-order valence-corrected chi connectivity index (χ3v) is 9.37. The zero-order valence-electron chi connectivity index (χ0n) is 23.5. The number of nitrogens with zero attached hydrogens (tertiary/aromatic N) is 3. The van der Waals surface area contributed by atoms with Crippen LogP contribution >= 0.6 is 23.1 Å². The molecule has 0 radical (unpaired) electrons. The Bertz CT molecular complexity index is 1810. The molecule has 6 rings (SSSR count). The van der Waals surface area contributed by atoms with Gasteiger partial charge >= 0.3 is 5.91 Å². The van der Waals surface area contributed by atoms with Crippen LogP contribution in [0.15, 0.2) is 107 Å². The molecule has 1 aromatic heterocycles. The molecule has 9 heteroatoms. The molecule has 1 aliphatic heterocycles. The summed E-state index contributed by atoms with van der Waals surface area (Å²) in [4.78, 5) is 28.5. The number of Topliss-reactive ketones (excluding diaryl/α,β-unsaturated/α-hetero) is 1. The van der Waals surface area contributed by atoms with E-state index < -0.39 is 17.7 Å². The molecular weight excluding hydrogens is 579 g/mol. The van der Waals surface area contributed by atoms with Crippen molar-refractivity contribution >= 4 is 56.5 Å². The average Bonchev–Trinajstić information content (AvgIpc) is 3.62. The van der Waals surface area contributed by atoms with E-state index in [1.165, 1.54) is 44.3 Å². The highest BCUT2D eigenvalue weighted by Gasteiger charge is 2.48. The fourth-order valence-electron chi connectivity index (χ4n) is 5.12. The van der Waals surface area contributed by atoms with Gasteiger partial charge in [-0.1, -0.05) is 121 Å². The van der Waals surface area contributed by atoms with E-state index in [9.17, 15) is 14.7 Å². The number of amides is 1. The minimum absolute atomic E-state index is 0.00191. The number of aliphatic hydroxyl groups excluding tert-OH is 1. The van der Waals surface area contributed by atoms with E-state index in [2.05, 4.69) is 41.4 Å². The summed E-state index contributed by atoms with van der Waals surface area (Å²) in [6.07, 6.45) is 1.90. The predicted octanol–water partition coefficient (Wildman–Crippen LogP) is 7.79. The largest absolute Gasteiger partial charge is 0.507 e. The van der Waals surface area contributed by atoms with Gasteiger partial charge in [-0.25, -0.2) is 0 Å². The fraction of sp³-hybridized carbons (Fsp3) is 0.176. The van der Waals surface area contributed by atoms with Crippen molar-refractivity contribution in [3.05, 3.63) is 119 Å². The number of unbranched alkanes of at least 4 members (excludes halogenated alkanes) is 1. The zero-order valence-corrected chi connectivity index (χ0v) is 25.1. The number of ether oxygens (including phenoxy) is 1. The normalized spacial score (nSPS) is 16.2. The van der Waals surface area contributed by atoms with Crippen LogP contribution in [0.25, 0.3) is 16.5 Å². The van der Waals surface area contributed by atoms with E-state index in [0.29, 0.717) is 33.6 Å². The lowest BCUT2D eigenvalue weighted by Gasteiger charge is -2.23. The summed E-state index contributed by atoms with van der Waals surface area (Å²) < 4.78 is 6.60. The van der Waals surface area contributed by atoms with Gasteiger partial charge in [-0.2, -0.15) is 0 Å². The Kier molecular flexibility index (Phi) is 8.53. The van der Waals surface area contributed by atoms with Gasteiger partial charge in [0, 0.05) is 11.3 Å². The molecule has 1 N–H and O–H groups in total. The molecule has 216 valence electrons. The molecule has 0 spiro atoms. The van der Waals surface area contributed by atoms with Crippen molar-refractivity contribution in [2.45, 2.75) is 35.9 Å². The molecule has 1 fully saturated rings. The first-order valence-electron chi connectivity index (χ1n) is 14.1. The maximum absolute atomic E-state index is 13.6. The van der Waals surface area contributed by atoms with Crippen LogP contribution in [0.1, 0.15) is 42.5 Å². The van der Waals surface area contributed by atoms with Crippen LogP contribution in [-0.4, -0.2) is 33.6 Å². The molecule has 1 amide bonds. The van der Waals surface area contributed by atoms with Gasteiger partial charge in [0.1, 0.15) is 11.5 Å². The van der Waals surface area contributed by atoms with E-state index in [-0.39, 0.29) is 16.5 Å². The topological polar surface area (TPSA) is 92.6 Å². The Labute approximate surface area is 257 Å². The van der Waals surface area contributed by atoms with Crippen molar-refractivity contribution in [2.24, 2.45) is 0 Å². The van der Waals surface area contributed by atoms with Crippen LogP contribution < -0.4 is 9.64 Å². The fourth-order valence-corrected chi connectivity index (χ4v) is 6.99. The summed E-state index contributed by atoms with van der Waals surface area (Å²) in [5.74, 6) is -0.479. The van der Waals surface area contributed by atoms with E-state index >= 15 is 0 Å². The molecule has 43 heavy (non-hydrogen) atoms. The lowest BCUT2D eigenvalue weighted by atomic mass is 9.95. The SMILES string of the molecule is CCCCOc1cccc(C2/C(=C(\O)c3ccccc3)C(=O)C(=O)N2c2nnc(SCc3cccc4ccccc34)s2)c1. The number of anilines is 1. The predicted molar refractivity (Wildman–Crippen MR) is 171 cm³/mol. The zero-order chi connectivity index (χ0) is 29.8. The number of aromatic nitrogens is 2. The smallest absolute Gasteiger partial charge is 0.301 e. The van der Waals surface area contributed by atoms with Gasteiger partial charge in [0.25, 0.3) is 5.78 Å². The highest BCUT2D eigenvalue weighted by atomic mass is 32.2.